The monoisotopic (exact) mass is 423 g/mol. The maximum atomic E-state index is 13.0. The zero-order chi connectivity index (χ0) is 21.0. The molecule has 2 aliphatic rings. The van der Waals surface area contributed by atoms with Crippen molar-refractivity contribution in [3.8, 4) is 5.75 Å². The van der Waals surface area contributed by atoms with E-state index in [1.165, 1.54) is 0 Å². The number of carbonyl (C=O) groups excluding carboxylic acids is 2. The summed E-state index contributed by atoms with van der Waals surface area (Å²) in [6.45, 7) is 3.01. The van der Waals surface area contributed by atoms with Gasteiger partial charge >= 0.3 is 0 Å². The van der Waals surface area contributed by atoms with Gasteiger partial charge < -0.3 is 9.64 Å². The quantitative estimate of drug-likeness (QED) is 0.589. The van der Waals surface area contributed by atoms with E-state index in [-0.39, 0.29) is 11.7 Å². The van der Waals surface area contributed by atoms with Gasteiger partial charge in [0.15, 0.2) is 5.78 Å². The fraction of sp³-hybridized carbons (Fsp3) is 0.348. The average molecular weight is 424 g/mol. The van der Waals surface area contributed by atoms with E-state index in [9.17, 15) is 9.59 Å². The van der Waals surface area contributed by atoms with Gasteiger partial charge in [0.25, 0.3) is 5.91 Å². The van der Waals surface area contributed by atoms with Gasteiger partial charge in [-0.1, -0.05) is 11.6 Å². The van der Waals surface area contributed by atoms with Crippen LogP contribution in [0.15, 0.2) is 36.5 Å². The molecule has 0 N–H and O–H groups in total. The Morgan fingerprint density at radius 3 is 2.73 bits per heavy atom. The van der Waals surface area contributed by atoms with Crippen LogP contribution in [0.25, 0.3) is 10.9 Å². The summed E-state index contributed by atoms with van der Waals surface area (Å²) < 4.78 is 8.12. The molecule has 3 aromatic rings. The van der Waals surface area contributed by atoms with Gasteiger partial charge in [0.2, 0.25) is 0 Å². The van der Waals surface area contributed by atoms with Gasteiger partial charge in [0.1, 0.15) is 11.4 Å². The number of benzene rings is 2. The van der Waals surface area contributed by atoms with E-state index in [1.807, 2.05) is 43.1 Å². The lowest BCUT2D eigenvalue weighted by atomic mass is 9.82. The summed E-state index contributed by atoms with van der Waals surface area (Å²) in [4.78, 5) is 27.6. The highest BCUT2D eigenvalue weighted by Crippen LogP contribution is 2.41. The van der Waals surface area contributed by atoms with Gasteiger partial charge in [-0.2, -0.15) is 5.10 Å². The predicted octanol–water partition coefficient (Wildman–Crippen LogP) is 4.18. The Morgan fingerprint density at radius 1 is 1.20 bits per heavy atom. The molecule has 0 radical (unpaired) electrons. The van der Waals surface area contributed by atoms with Crippen LogP contribution in [-0.2, 0) is 7.05 Å². The molecule has 1 spiro atoms. The molecule has 0 bridgehead atoms. The van der Waals surface area contributed by atoms with Crippen LogP contribution in [0.4, 0.5) is 0 Å². The Kier molecular flexibility index (Phi) is 4.36. The lowest BCUT2D eigenvalue weighted by Crippen LogP contribution is -2.52. The number of carbonyl (C=O) groups is 2. The highest BCUT2D eigenvalue weighted by Gasteiger charge is 2.44. The van der Waals surface area contributed by atoms with Crippen molar-refractivity contribution in [3.05, 3.63) is 58.2 Å². The van der Waals surface area contributed by atoms with Gasteiger partial charge in [-0.15, -0.1) is 0 Å². The SMILES string of the molecule is Cc1cc2c(cc1Cl)C(=O)CC1(CCN(C(=O)c3ccc4c(cnn4C)c3)CC1)O2. The summed E-state index contributed by atoms with van der Waals surface area (Å²) in [6, 6.07) is 9.21. The number of aromatic nitrogens is 2. The van der Waals surface area contributed by atoms with Crippen molar-refractivity contribution in [2.24, 2.45) is 7.05 Å². The van der Waals surface area contributed by atoms with Crippen LogP contribution in [0.5, 0.6) is 5.75 Å². The first-order chi connectivity index (χ1) is 14.3. The highest BCUT2D eigenvalue weighted by molar-refractivity contribution is 6.31. The van der Waals surface area contributed by atoms with Gasteiger partial charge in [0.05, 0.1) is 23.7 Å². The number of halogens is 1. The second-order valence-corrected chi connectivity index (χ2v) is 8.72. The molecule has 2 aromatic carbocycles. The van der Waals surface area contributed by atoms with Crippen LogP contribution < -0.4 is 4.74 Å². The first kappa shape index (κ1) is 19.1. The number of rotatable bonds is 1. The molecule has 1 saturated heterocycles. The van der Waals surface area contributed by atoms with Crippen molar-refractivity contribution in [1.29, 1.82) is 0 Å². The first-order valence-electron chi connectivity index (χ1n) is 10.1. The molecule has 3 heterocycles. The highest BCUT2D eigenvalue weighted by atomic mass is 35.5. The number of hydrogen-bond acceptors (Lipinski definition) is 4. The van der Waals surface area contributed by atoms with Crippen molar-refractivity contribution in [2.45, 2.75) is 31.8 Å². The van der Waals surface area contributed by atoms with Crippen LogP contribution in [0, 0.1) is 6.92 Å². The van der Waals surface area contributed by atoms with Gasteiger partial charge in [-0.3, -0.25) is 14.3 Å². The van der Waals surface area contributed by atoms with E-state index in [4.69, 9.17) is 16.3 Å². The minimum absolute atomic E-state index is 0.000709. The maximum Gasteiger partial charge on any atom is 0.253 e. The third-order valence-corrected chi connectivity index (χ3v) is 6.73. The van der Waals surface area contributed by atoms with Crippen LogP contribution >= 0.6 is 11.6 Å². The number of likely N-dealkylation sites (tertiary alicyclic amines) is 1. The van der Waals surface area contributed by atoms with Crippen molar-refractivity contribution in [1.82, 2.24) is 14.7 Å². The van der Waals surface area contributed by atoms with Crippen LogP contribution in [0.1, 0.15) is 45.5 Å². The summed E-state index contributed by atoms with van der Waals surface area (Å²) in [7, 11) is 1.88. The van der Waals surface area contributed by atoms with Crippen LogP contribution in [0.3, 0.4) is 0 Å². The predicted molar refractivity (Wildman–Crippen MR) is 114 cm³/mol. The molecule has 30 heavy (non-hydrogen) atoms. The van der Waals surface area contributed by atoms with Crippen molar-refractivity contribution in [3.63, 3.8) is 0 Å². The molecular formula is C23H22ClN3O3. The summed E-state index contributed by atoms with van der Waals surface area (Å²) >= 11 is 6.18. The number of piperidine rings is 1. The van der Waals surface area contributed by atoms with Crippen LogP contribution in [-0.4, -0.2) is 45.1 Å². The molecule has 0 unspecified atom stereocenters. The largest absolute Gasteiger partial charge is 0.486 e. The smallest absolute Gasteiger partial charge is 0.253 e. The molecule has 0 atom stereocenters. The molecule has 1 fully saturated rings. The number of amides is 1. The van der Waals surface area contributed by atoms with Gasteiger partial charge in [-0.25, -0.2) is 0 Å². The number of ether oxygens (including phenoxy) is 1. The Morgan fingerprint density at radius 2 is 1.97 bits per heavy atom. The fourth-order valence-corrected chi connectivity index (χ4v) is 4.65. The summed E-state index contributed by atoms with van der Waals surface area (Å²) in [5.41, 5.74) is 2.54. The number of Topliss-reactive ketones (excluding diaryl/α,β-unsaturated/α-hetero) is 1. The molecule has 6 nitrogen and oxygen atoms in total. The zero-order valence-corrected chi connectivity index (χ0v) is 17.7. The summed E-state index contributed by atoms with van der Waals surface area (Å²) in [5, 5.41) is 5.76. The Hall–Kier alpha value is -2.86. The van der Waals surface area contributed by atoms with E-state index in [2.05, 4.69) is 5.10 Å². The van der Waals surface area contributed by atoms with E-state index >= 15 is 0 Å². The standard InChI is InChI=1S/C23H22ClN3O3/c1-14-9-21-17(11-18(14)24)20(28)12-23(30-21)5-7-27(8-6-23)22(29)15-3-4-19-16(10-15)13-25-26(19)2/h3-4,9-11,13H,5-8,12H2,1-2H3. The van der Waals surface area contributed by atoms with E-state index in [1.54, 1.807) is 16.9 Å². The lowest BCUT2D eigenvalue weighted by Gasteiger charge is -2.44. The third-order valence-electron chi connectivity index (χ3n) is 6.33. The average Bonchev–Trinajstić information content (AvgIpc) is 3.10. The van der Waals surface area contributed by atoms with E-state index in [0.717, 1.165) is 16.5 Å². The van der Waals surface area contributed by atoms with Crippen molar-refractivity contribution < 1.29 is 14.3 Å². The molecule has 0 saturated carbocycles. The second kappa shape index (κ2) is 6.84. The number of aryl methyl sites for hydroxylation is 2. The third kappa shape index (κ3) is 3.06. The van der Waals surface area contributed by atoms with Crippen molar-refractivity contribution in [2.75, 3.05) is 13.1 Å². The number of fused-ring (bicyclic) bond motifs is 2. The zero-order valence-electron chi connectivity index (χ0n) is 16.9. The number of ketones is 1. The Bertz CT molecular complexity index is 1190. The van der Waals surface area contributed by atoms with E-state index in [0.29, 0.717) is 54.3 Å². The molecule has 5 rings (SSSR count). The molecule has 154 valence electrons. The van der Waals surface area contributed by atoms with Gasteiger partial charge in [-0.05, 0) is 42.8 Å². The van der Waals surface area contributed by atoms with Gasteiger partial charge in [0, 0.05) is 49.0 Å². The normalized spacial score (nSPS) is 17.8. The number of nitrogens with zero attached hydrogens (tertiary/aromatic N) is 3. The van der Waals surface area contributed by atoms with Crippen LogP contribution in [0.2, 0.25) is 5.02 Å². The Balaban J connectivity index is 1.33. The Labute approximate surface area is 179 Å². The minimum atomic E-state index is -0.547. The molecule has 1 aromatic heterocycles. The summed E-state index contributed by atoms with van der Waals surface area (Å²) in [6.07, 6.45) is 3.34. The minimum Gasteiger partial charge on any atom is -0.486 e. The first-order valence-corrected chi connectivity index (χ1v) is 10.5. The molecular weight excluding hydrogens is 402 g/mol. The molecule has 2 aliphatic heterocycles. The topological polar surface area (TPSA) is 64.4 Å². The number of hydrogen-bond donors (Lipinski definition) is 0. The lowest BCUT2D eigenvalue weighted by molar-refractivity contribution is -0.00572. The fourth-order valence-electron chi connectivity index (χ4n) is 4.49. The molecule has 0 aliphatic carbocycles. The molecule has 1 amide bonds. The molecule has 7 heteroatoms. The second-order valence-electron chi connectivity index (χ2n) is 8.32. The van der Waals surface area contributed by atoms with Crippen molar-refractivity contribution >= 4 is 34.2 Å². The summed E-state index contributed by atoms with van der Waals surface area (Å²) in [5.74, 6) is 0.663. The maximum absolute atomic E-state index is 13.0. The van der Waals surface area contributed by atoms with E-state index < -0.39 is 5.60 Å².